The maximum absolute atomic E-state index is 5.28. The van der Waals surface area contributed by atoms with Gasteiger partial charge in [-0.3, -0.25) is 10.3 Å². The topological polar surface area (TPSA) is 48.8 Å². The Balaban J connectivity index is 1.21. The molecule has 2 aliphatic heterocycles. The van der Waals surface area contributed by atoms with Crippen molar-refractivity contribution in [2.45, 2.75) is 64.2 Å². The monoisotopic (exact) mass is 578 g/mol. The molecule has 0 saturated heterocycles. The van der Waals surface area contributed by atoms with Gasteiger partial charge in [-0.2, -0.15) is 0 Å². The quantitative estimate of drug-likeness (QED) is 0.375. The normalized spacial score (nSPS) is 29.4. The van der Waals surface area contributed by atoms with Crippen molar-refractivity contribution in [2.75, 3.05) is 6.54 Å². The van der Waals surface area contributed by atoms with Crippen LogP contribution in [0.4, 0.5) is 0 Å². The van der Waals surface area contributed by atoms with Gasteiger partial charge in [-0.05, 0) is 102 Å². The van der Waals surface area contributed by atoms with Crippen molar-refractivity contribution in [3.05, 3.63) is 119 Å². The Morgan fingerprint density at radius 1 is 0.932 bits per heavy atom. The van der Waals surface area contributed by atoms with Crippen molar-refractivity contribution in [1.82, 2.24) is 10.6 Å². The highest BCUT2D eigenvalue weighted by atomic mass is 15.3. The molecule has 0 radical (unpaired) electrons. The van der Waals surface area contributed by atoms with E-state index in [2.05, 4.69) is 115 Å². The van der Waals surface area contributed by atoms with Gasteiger partial charge in [0.05, 0.1) is 12.7 Å². The Bertz CT molecular complexity index is 1760. The van der Waals surface area contributed by atoms with Gasteiger partial charge in [0.2, 0.25) is 0 Å². The zero-order valence-corrected chi connectivity index (χ0v) is 25.7. The van der Waals surface area contributed by atoms with Crippen LogP contribution in [-0.2, 0) is 6.42 Å². The summed E-state index contributed by atoms with van der Waals surface area (Å²) < 4.78 is 0. The number of allylic oxidation sites excluding steroid dienone is 8. The van der Waals surface area contributed by atoms with Gasteiger partial charge in [0.25, 0.3) is 0 Å². The summed E-state index contributed by atoms with van der Waals surface area (Å²) in [6.07, 6.45) is 33.1. The minimum atomic E-state index is -0.0211. The van der Waals surface area contributed by atoms with Gasteiger partial charge in [-0.1, -0.05) is 91.9 Å². The van der Waals surface area contributed by atoms with Crippen molar-refractivity contribution in [3.63, 3.8) is 0 Å². The third-order valence-electron chi connectivity index (χ3n) is 10.2. The lowest BCUT2D eigenvalue weighted by molar-refractivity contribution is 0.306. The van der Waals surface area contributed by atoms with Crippen molar-refractivity contribution < 1.29 is 0 Å². The van der Waals surface area contributed by atoms with Crippen LogP contribution in [0.3, 0.4) is 0 Å². The molecule has 2 aromatic carbocycles. The maximum Gasteiger partial charge on any atom is 0.131 e. The molecule has 222 valence electrons. The predicted octanol–water partition coefficient (Wildman–Crippen LogP) is 8.26. The second-order valence-electron chi connectivity index (χ2n) is 13.3. The molecule has 0 bridgehead atoms. The fraction of sp³-hybridized carbons (Fsp3) is 0.350. The van der Waals surface area contributed by atoms with Gasteiger partial charge < -0.3 is 5.32 Å². The summed E-state index contributed by atoms with van der Waals surface area (Å²) in [5.41, 5.74) is 9.70. The SMILES string of the molecule is CC1C=C(C2=NC(C3=CC=CCC3)NC(C3C=C(c4cc5ccccc5c5c4CCC=C5)CC(C4=NCC=C4)C3)N2)C=CC1. The summed E-state index contributed by atoms with van der Waals surface area (Å²) in [4.78, 5) is 10.2. The number of amidine groups is 1. The summed E-state index contributed by atoms with van der Waals surface area (Å²) in [6, 6.07) is 11.4. The number of nitrogens with one attached hydrogen (secondary N) is 2. The van der Waals surface area contributed by atoms with Crippen LogP contribution < -0.4 is 10.6 Å². The lowest BCUT2D eigenvalue weighted by Crippen LogP contribution is -2.58. The Morgan fingerprint density at radius 2 is 1.86 bits per heavy atom. The van der Waals surface area contributed by atoms with E-state index in [1.165, 1.54) is 49.9 Å². The van der Waals surface area contributed by atoms with Gasteiger partial charge in [-0.25, -0.2) is 4.99 Å². The smallest absolute Gasteiger partial charge is 0.131 e. The first kappa shape index (κ1) is 27.5. The Hall–Kier alpha value is -4.02. The molecule has 0 aromatic heterocycles. The number of aliphatic imine (C=N–C) groups is 2. The molecular weight excluding hydrogens is 536 g/mol. The summed E-state index contributed by atoms with van der Waals surface area (Å²) >= 11 is 0. The van der Waals surface area contributed by atoms with E-state index in [4.69, 9.17) is 9.98 Å². The third kappa shape index (κ3) is 5.30. The standard InChI is InChI=1S/C40H42N4/c1-26-11-9-15-29(21-26)39-42-38(27-12-3-2-4-13-27)43-40(44-39)32-23-30(22-31(24-32)37-19-10-20-41-37)36-25-28-14-5-6-16-33(28)34-17-7-8-18-35(34)36/h2-3,5-7,9-10,12,14-17,19,21,23,25-26,31-32,38,40,43H,4,8,11,13,18,20,22,24H2,1H3,(H,42,44). The number of hydrogen-bond donors (Lipinski definition) is 2. The average Bonchev–Trinajstić information content (AvgIpc) is 3.63. The van der Waals surface area contributed by atoms with Gasteiger partial charge in [-0.15, -0.1) is 0 Å². The van der Waals surface area contributed by atoms with Crippen LogP contribution in [0.25, 0.3) is 22.4 Å². The molecule has 4 aliphatic carbocycles. The van der Waals surface area contributed by atoms with Crippen molar-refractivity contribution >= 4 is 34.0 Å². The highest BCUT2D eigenvalue weighted by Gasteiger charge is 2.36. The number of benzene rings is 2. The van der Waals surface area contributed by atoms with E-state index in [9.17, 15) is 0 Å². The lowest BCUT2D eigenvalue weighted by Gasteiger charge is -2.40. The lowest BCUT2D eigenvalue weighted by atomic mass is 9.74. The molecule has 8 rings (SSSR count). The fourth-order valence-corrected chi connectivity index (χ4v) is 7.96. The van der Waals surface area contributed by atoms with Gasteiger partial charge in [0, 0.05) is 23.1 Å². The Labute approximate surface area is 261 Å². The zero-order valence-electron chi connectivity index (χ0n) is 25.7. The molecule has 2 aromatic rings. The molecule has 44 heavy (non-hydrogen) atoms. The Kier molecular flexibility index (Phi) is 7.39. The molecule has 2 heterocycles. The molecule has 0 spiro atoms. The molecule has 0 amide bonds. The van der Waals surface area contributed by atoms with Crippen LogP contribution in [0.15, 0.2) is 112 Å². The highest BCUT2D eigenvalue weighted by Crippen LogP contribution is 2.42. The fourth-order valence-electron chi connectivity index (χ4n) is 7.96. The molecule has 4 nitrogen and oxygen atoms in total. The van der Waals surface area contributed by atoms with Crippen molar-refractivity contribution in [3.8, 4) is 0 Å². The number of fused-ring (bicyclic) bond motifs is 3. The summed E-state index contributed by atoms with van der Waals surface area (Å²) in [7, 11) is 0. The predicted molar refractivity (Wildman–Crippen MR) is 186 cm³/mol. The van der Waals surface area contributed by atoms with Crippen LogP contribution in [0.5, 0.6) is 0 Å². The first-order valence-electron chi connectivity index (χ1n) is 16.7. The maximum atomic E-state index is 5.28. The molecule has 5 unspecified atom stereocenters. The van der Waals surface area contributed by atoms with E-state index in [0.717, 1.165) is 57.3 Å². The van der Waals surface area contributed by atoms with Gasteiger partial charge >= 0.3 is 0 Å². The first-order valence-corrected chi connectivity index (χ1v) is 16.7. The van der Waals surface area contributed by atoms with E-state index in [1.807, 2.05) is 0 Å². The van der Waals surface area contributed by atoms with E-state index in [0.29, 0.717) is 17.8 Å². The second kappa shape index (κ2) is 11.8. The summed E-state index contributed by atoms with van der Waals surface area (Å²) in [5.74, 6) is 2.24. The van der Waals surface area contributed by atoms with Crippen molar-refractivity contribution in [2.24, 2.45) is 27.7 Å². The Morgan fingerprint density at radius 3 is 2.73 bits per heavy atom. The second-order valence-corrected chi connectivity index (χ2v) is 13.3. The van der Waals surface area contributed by atoms with Crippen LogP contribution in [-0.4, -0.2) is 30.4 Å². The number of nitrogens with zero attached hydrogens (tertiary/aromatic N) is 2. The number of hydrogen-bond acceptors (Lipinski definition) is 4. The van der Waals surface area contributed by atoms with Crippen LogP contribution >= 0.6 is 0 Å². The molecule has 5 atom stereocenters. The molecule has 4 heteroatoms. The van der Waals surface area contributed by atoms with Gasteiger partial charge in [0.15, 0.2) is 0 Å². The minimum Gasteiger partial charge on any atom is -0.354 e. The van der Waals surface area contributed by atoms with Crippen LogP contribution in [0.2, 0.25) is 0 Å². The van der Waals surface area contributed by atoms with Crippen molar-refractivity contribution in [1.29, 1.82) is 0 Å². The summed E-state index contributed by atoms with van der Waals surface area (Å²) in [5, 5.41) is 10.6. The highest BCUT2D eigenvalue weighted by molar-refractivity contribution is 6.02. The number of rotatable bonds is 5. The van der Waals surface area contributed by atoms with Crippen LogP contribution in [0.1, 0.15) is 62.1 Å². The van der Waals surface area contributed by atoms with E-state index < -0.39 is 0 Å². The zero-order chi connectivity index (χ0) is 29.5. The third-order valence-corrected chi connectivity index (χ3v) is 10.2. The van der Waals surface area contributed by atoms with E-state index in [-0.39, 0.29) is 12.3 Å². The molecular formula is C40H42N4. The minimum absolute atomic E-state index is 0.0211. The van der Waals surface area contributed by atoms with E-state index >= 15 is 0 Å². The molecule has 2 N–H and O–H groups in total. The molecule has 6 aliphatic rings. The van der Waals surface area contributed by atoms with E-state index in [1.54, 1.807) is 0 Å². The molecule has 0 fully saturated rings. The summed E-state index contributed by atoms with van der Waals surface area (Å²) in [6.45, 7) is 3.11. The average molecular weight is 579 g/mol. The largest absolute Gasteiger partial charge is 0.354 e. The first-order chi connectivity index (χ1) is 21.7. The molecule has 0 saturated carbocycles. The van der Waals surface area contributed by atoms with Gasteiger partial charge in [0.1, 0.15) is 12.0 Å². The van der Waals surface area contributed by atoms with Crippen LogP contribution in [0, 0.1) is 17.8 Å².